The summed E-state index contributed by atoms with van der Waals surface area (Å²) in [6, 6.07) is 3.08. The van der Waals surface area contributed by atoms with Crippen LogP contribution in [-0.2, 0) is 10.0 Å². The van der Waals surface area contributed by atoms with Gasteiger partial charge in [0.05, 0.1) is 17.5 Å². The molecule has 2 rings (SSSR count). The highest BCUT2D eigenvalue weighted by molar-refractivity contribution is 9.10. The number of furan rings is 1. The highest BCUT2D eigenvalue weighted by Gasteiger charge is 2.23. The van der Waals surface area contributed by atoms with E-state index in [1.165, 1.54) is 13.1 Å². The molecule has 118 valence electrons. The van der Waals surface area contributed by atoms with E-state index in [0.29, 0.717) is 21.8 Å². The highest BCUT2D eigenvalue weighted by Crippen LogP contribution is 2.36. The molecule has 0 aliphatic carbocycles. The average Bonchev–Trinajstić information content (AvgIpc) is 2.81. The zero-order chi connectivity index (χ0) is 16.7. The molecule has 0 amide bonds. The maximum atomic E-state index is 12.0. The standard InChI is InChI=1S/C14H14BrNO5S/c1-4-11(18)14-8-5-9(15)10(16(2)22(3,19)20)6-12(8)21-13(14)7-17/h5-7H,4H2,1-3H3. The van der Waals surface area contributed by atoms with E-state index < -0.39 is 10.0 Å². The summed E-state index contributed by atoms with van der Waals surface area (Å²) in [7, 11) is -2.05. The van der Waals surface area contributed by atoms with Crippen molar-refractivity contribution in [3.8, 4) is 0 Å². The Kier molecular flexibility index (Phi) is 4.44. The topological polar surface area (TPSA) is 84.7 Å². The average molecular weight is 388 g/mol. The molecule has 1 aromatic carbocycles. The number of hydrogen-bond acceptors (Lipinski definition) is 5. The predicted molar refractivity (Wildman–Crippen MR) is 87.2 cm³/mol. The minimum absolute atomic E-state index is 0.0482. The van der Waals surface area contributed by atoms with Gasteiger partial charge in [0, 0.05) is 29.4 Å². The summed E-state index contributed by atoms with van der Waals surface area (Å²) in [4.78, 5) is 23.1. The van der Waals surface area contributed by atoms with Crippen LogP contribution in [0.15, 0.2) is 21.0 Å². The predicted octanol–water partition coefficient (Wildman–Crippen LogP) is 3.00. The van der Waals surface area contributed by atoms with Gasteiger partial charge in [-0.1, -0.05) is 6.92 Å². The van der Waals surface area contributed by atoms with Gasteiger partial charge in [-0.3, -0.25) is 13.9 Å². The van der Waals surface area contributed by atoms with Gasteiger partial charge in [0.1, 0.15) is 5.58 Å². The van der Waals surface area contributed by atoms with Crippen LogP contribution < -0.4 is 4.31 Å². The Morgan fingerprint density at radius 3 is 2.55 bits per heavy atom. The molecule has 8 heteroatoms. The number of carbonyl (C=O) groups is 2. The monoisotopic (exact) mass is 387 g/mol. The van der Waals surface area contributed by atoms with Gasteiger partial charge in [-0.05, 0) is 22.0 Å². The second-order valence-corrected chi connectivity index (χ2v) is 7.63. The van der Waals surface area contributed by atoms with Gasteiger partial charge in [-0.25, -0.2) is 8.42 Å². The fourth-order valence-corrected chi connectivity index (χ4v) is 3.33. The lowest BCUT2D eigenvalue weighted by Gasteiger charge is -2.18. The smallest absolute Gasteiger partial charge is 0.232 e. The van der Waals surface area contributed by atoms with Crippen LogP contribution in [0.1, 0.15) is 34.3 Å². The van der Waals surface area contributed by atoms with Crippen LogP contribution in [0, 0.1) is 0 Å². The largest absolute Gasteiger partial charge is 0.452 e. The van der Waals surface area contributed by atoms with Crippen molar-refractivity contribution in [3.63, 3.8) is 0 Å². The van der Waals surface area contributed by atoms with Crippen molar-refractivity contribution in [2.45, 2.75) is 13.3 Å². The Labute approximate surface area is 136 Å². The van der Waals surface area contributed by atoms with Crippen molar-refractivity contribution in [1.82, 2.24) is 0 Å². The first kappa shape index (κ1) is 16.7. The molecule has 0 aliphatic heterocycles. The third-order valence-corrected chi connectivity index (χ3v) is 5.16. The molecule has 0 saturated carbocycles. The minimum Gasteiger partial charge on any atom is -0.452 e. The minimum atomic E-state index is -3.45. The molecule has 0 N–H and O–H groups in total. The number of sulfonamides is 1. The Morgan fingerprint density at radius 2 is 2.05 bits per heavy atom. The van der Waals surface area contributed by atoms with Crippen molar-refractivity contribution in [2.24, 2.45) is 0 Å². The van der Waals surface area contributed by atoms with Gasteiger partial charge >= 0.3 is 0 Å². The van der Waals surface area contributed by atoms with Gasteiger partial charge in [0.25, 0.3) is 0 Å². The Balaban J connectivity index is 2.77. The van der Waals surface area contributed by atoms with Crippen molar-refractivity contribution in [1.29, 1.82) is 0 Å². The summed E-state index contributed by atoms with van der Waals surface area (Å²) in [5.74, 6) is -0.259. The summed E-state index contributed by atoms with van der Waals surface area (Å²) in [5, 5.41) is 0.478. The summed E-state index contributed by atoms with van der Waals surface area (Å²) in [5.41, 5.74) is 0.867. The van der Waals surface area contributed by atoms with Gasteiger partial charge in [0.15, 0.2) is 17.8 Å². The van der Waals surface area contributed by atoms with Crippen LogP contribution in [-0.4, -0.2) is 33.8 Å². The molecular weight excluding hydrogens is 374 g/mol. The third-order valence-electron chi connectivity index (χ3n) is 3.33. The number of aldehydes is 1. The molecule has 22 heavy (non-hydrogen) atoms. The number of nitrogens with zero attached hydrogens (tertiary/aromatic N) is 1. The molecule has 0 radical (unpaired) electrons. The van der Waals surface area contributed by atoms with Crippen LogP contribution in [0.2, 0.25) is 0 Å². The van der Waals surface area contributed by atoms with Gasteiger partial charge in [0.2, 0.25) is 10.0 Å². The number of rotatable bonds is 5. The summed E-state index contributed by atoms with van der Waals surface area (Å²) in [6.07, 6.45) is 1.80. The lowest BCUT2D eigenvalue weighted by molar-refractivity contribution is 0.0979. The molecule has 6 nitrogen and oxygen atoms in total. The lowest BCUT2D eigenvalue weighted by Crippen LogP contribution is -2.25. The fraction of sp³-hybridized carbons (Fsp3) is 0.286. The molecular formula is C14H14BrNO5S. The van der Waals surface area contributed by atoms with Crippen molar-refractivity contribution < 1.29 is 22.4 Å². The van der Waals surface area contributed by atoms with Crippen molar-refractivity contribution in [2.75, 3.05) is 17.6 Å². The Hall–Kier alpha value is -1.67. The number of halogens is 1. The van der Waals surface area contributed by atoms with E-state index >= 15 is 0 Å². The van der Waals surface area contributed by atoms with Crippen LogP contribution in [0.4, 0.5) is 5.69 Å². The maximum absolute atomic E-state index is 12.0. The normalized spacial score (nSPS) is 11.6. The molecule has 0 bridgehead atoms. The molecule has 0 spiro atoms. The number of hydrogen-bond donors (Lipinski definition) is 0. The highest BCUT2D eigenvalue weighted by atomic mass is 79.9. The van der Waals surface area contributed by atoms with Crippen LogP contribution in [0.5, 0.6) is 0 Å². The quantitative estimate of drug-likeness (QED) is 0.581. The Morgan fingerprint density at radius 1 is 1.41 bits per heavy atom. The van der Waals surface area contributed by atoms with Gasteiger partial charge in [-0.15, -0.1) is 0 Å². The van der Waals surface area contributed by atoms with E-state index in [1.807, 2.05) is 0 Å². The van der Waals surface area contributed by atoms with E-state index in [-0.39, 0.29) is 29.1 Å². The van der Waals surface area contributed by atoms with E-state index in [4.69, 9.17) is 4.42 Å². The van der Waals surface area contributed by atoms with E-state index in [0.717, 1.165) is 10.6 Å². The van der Waals surface area contributed by atoms with E-state index in [1.54, 1.807) is 13.0 Å². The first-order valence-corrected chi connectivity index (χ1v) is 9.03. The van der Waals surface area contributed by atoms with Crippen LogP contribution in [0.25, 0.3) is 11.0 Å². The number of ketones is 1. The molecule has 0 aliphatic rings. The number of fused-ring (bicyclic) bond motifs is 1. The molecule has 0 atom stereocenters. The summed E-state index contributed by atoms with van der Waals surface area (Å²) in [6.45, 7) is 1.69. The fourth-order valence-electron chi connectivity index (χ4n) is 2.09. The number of anilines is 1. The molecule has 0 unspecified atom stereocenters. The molecule has 1 aromatic heterocycles. The molecule has 0 fully saturated rings. The van der Waals surface area contributed by atoms with E-state index in [9.17, 15) is 18.0 Å². The van der Waals surface area contributed by atoms with Gasteiger partial charge in [-0.2, -0.15) is 0 Å². The maximum Gasteiger partial charge on any atom is 0.232 e. The molecule has 0 saturated heterocycles. The number of benzene rings is 1. The lowest BCUT2D eigenvalue weighted by atomic mass is 10.0. The zero-order valence-electron chi connectivity index (χ0n) is 12.2. The zero-order valence-corrected chi connectivity index (χ0v) is 14.6. The van der Waals surface area contributed by atoms with Gasteiger partial charge < -0.3 is 4.42 Å². The first-order chi connectivity index (χ1) is 10.2. The van der Waals surface area contributed by atoms with E-state index in [2.05, 4.69) is 15.9 Å². The van der Waals surface area contributed by atoms with Crippen molar-refractivity contribution >= 4 is 54.7 Å². The third kappa shape index (κ3) is 2.80. The SMILES string of the molecule is CCC(=O)c1c(C=O)oc2cc(N(C)S(C)(=O)=O)c(Br)cc12. The summed E-state index contributed by atoms with van der Waals surface area (Å²) < 4.78 is 30.3. The summed E-state index contributed by atoms with van der Waals surface area (Å²) >= 11 is 3.30. The van der Waals surface area contributed by atoms with Crippen LogP contribution >= 0.6 is 15.9 Å². The molecule has 2 aromatic rings. The second-order valence-electron chi connectivity index (χ2n) is 4.77. The number of Topliss-reactive ketones (excluding diaryl/α,β-unsaturated/α-hetero) is 1. The van der Waals surface area contributed by atoms with Crippen LogP contribution in [0.3, 0.4) is 0 Å². The van der Waals surface area contributed by atoms with Crippen molar-refractivity contribution in [3.05, 3.63) is 27.9 Å². The number of carbonyl (C=O) groups excluding carboxylic acids is 2. The molecule has 1 heterocycles. The second kappa shape index (κ2) is 5.85. The first-order valence-electron chi connectivity index (χ1n) is 6.39. The Bertz CT molecular complexity index is 869.